The summed E-state index contributed by atoms with van der Waals surface area (Å²) in [6, 6.07) is 12.1. The lowest BCUT2D eigenvalue weighted by Crippen LogP contribution is -2.41. The van der Waals surface area contributed by atoms with Gasteiger partial charge in [-0.15, -0.1) is 0 Å². The zero-order valence-electron chi connectivity index (χ0n) is 18.3. The number of fused-ring (bicyclic) bond motifs is 3. The maximum absolute atomic E-state index is 12.3. The topological polar surface area (TPSA) is 54.4 Å². The molecule has 2 aromatic rings. The molecule has 0 N–H and O–H groups in total. The molecule has 30 heavy (non-hydrogen) atoms. The molecule has 2 aliphatic heterocycles. The summed E-state index contributed by atoms with van der Waals surface area (Å²) in [5.41, 5.74) is 4.97. The van der Waals surface area contributed by atoms with Gasteiger partial charge in [0.15, 0.2) is 11.5 Å². The van der Waals surface area contributed by atoms with Gasteiger partial charge in [-0.3, -0.25) is 9.79 Å². The van der Waals surface area contributed by atoms with E-state index in [-0.39, 0.29) is 11.9 Å². The number of aliphatic imine (C=N–C) groups is 1. The van der Waals surface area contributed by atoms with Crippen LogP contribution in [0.1, 0.15) is 39.4 Å². The number of piperidine rings is 1. The number of rotatable bonds is 4. The monoisotopic (exact) mass is 407 g/mol. The molecule has 6 heteroatoms. The van der Waals surface area contributed by atoms with E-state index in [0.29, 0.717) is 17.2 Å². The van der Waals surface area contributed by atoms with Crippen LogP contribution in [0.2, 0.25) is 0 Å². The highest BCUT2D eigenvalue weighted by molar-refractivity contribution is 6.15. The van der Waals surface area contributed by atoms with Gasteiger partial charge in [0.25, 0.3) is 5.91 Å². The van der Waals surface area contributed by atoms with Gasteiger partial charge < -0.3 is 19.3 Å². The zero-order valence-corrected chi connectivity index (χ0v) is 18.3. The Morgan fingerprint density at radius 2 is 1.77 bits per heavy atom. The molecule has 1 saturated heterocycles. The summed E-state index contributed by atoms with van der Waals surface area (Å²) in [4.78, 5) is 21.4. The summed E-state index contributed by atoms with van der Waals surface area (Å²) >= 11 is 0. The Bertz CT molecular complexity index is 982. The highest BCUT2D eigenvalue weighted by Gasteiger charge is 2.36. The normalized spacial score (nSPS) is 20.6. The van der Waals surface area contributed by atoms with Crippen molar-refractivity contribution in [3.05, 3.63) is 58.7 Å². The minimum atomic E-state index is -0.00526. The summed E-state index contributed by atoms with van der Waals surface area (Å²) in [6.45, 7) is 2.01. The average molecular weight is 408 g/mol. The Morgan fingerprint density at radius 3 is 2.40 bits per heavy atom. The fourth-order valence-corrected chi connectivity index (χ4v) is 4.46. The van der Waals surface area contributed by atoms with Gasteiger partial charge in [0.2, 0.25) is 0 Å². The van der Waals surface area contributed by atoms with E-state index in [9.17, 15) is 4.79 Å². The molecule has 2 unspecified atom stereocenters. The first-order chi connectivity index (χ1) is 14.4. The molecule has 1 amide bonds. The number of benzene rings is 2. The SMILES string of the molecule is COc1cc2c(cc1OC)C1CN(C)CCC1N=C2c1ccc(C(=O)N(C)C)cc1. The first-order valence-electron chi connectivity index (χ1n) is 10.3. The molecule has 4 rings (SSSR count). The van der Waals surface area contributed by atoms with E-state index in [0.717, 1.165) is 42.1 Å². The van der Waals surface area contributed by atoms with Gasteiger partial charge in [0, 0.05) is 43.2 Å². The highest BCUT2D eigenvalue weighted by Crippen LogP contribution is 2.42. The van der Waals surface area contributed by atoms with E-state index >= 15 is 0 Å². The largest absolute Gasteiger partial charge is 0.493 e. The number of likely N-dealkylation sites (tertiary alicyclic amines) is 1. The van der Waals surface area contributed by atoms with Gasteiger partial charge in [-0.05, 0) is 49.8 Å². The van der Waals surface area contributed by atoms with Crippen molar-refractivity contribution in [3.63, 3.8) is 0 Å². The Morgan fingerprint density at radius 1 is 1.10 bits per heavy atom. The van der Waals surface area contributed by atoms with Crippen LogP contribution in [0.4, 0.5) is 0 Å². The van der Waals surface area contributed by atoms with Gasteiger partial charge in [0.1, 0.15) is 0 Å². The Kier molecular flexibility index (Phi) is 5.52. The fraction of sp³-hybridized carbons (Fsp3) is 0.417. The van der Waals surface area contributed by atoms with Crippen LogP contribution in [0.5, 0.6) is 11.5 Å². The summed E-state index contributed by atoms with van der Waals surface area (Å²) in [7, 11) is 9.02. The summed E-state index contributed by atoms with van der Waals surface area (Å²) in [5, 5.41) is 0. The lowest BCUT2D eigenvalue weighted by Gasteiger charge is -2.39. The molecule has 2 heterocycles. The molecule has 6 nitrogen and oxygen atoms in total. The van der Waals surface area contributed by atoms with Crippen molar-refractivity contribution in [1.82, 2.24) is 9.80 Å². The van der Waals surface area contributed by atoms with E-state index in [1.54, 1.807) is 33.2 Å². The predicted molar refractivity (Wildman–Crippen MR) is 118 cm³/mol. The molecule has 0 radical (unpaired) electrons. The maximum atomic E-state index is 12.3. The molecule has 1 fully saturated rings. The summed E-state index contributed by atoms with van der Waals surface area (Å²) in [6.07, 6.45) is 1.02. The van der Waals surface area contributed by atoms with Gasteiger partial charge in [-0.25, -0.2) is 0 Å². The van der Waals surface area contributed by atoms with E-state index in [1.165, 1.54) is 5.56 Å². The molecule has 0 aliphatic carbocycles. The van der Waals surface area contributed by atoms with Crippen molar-refractivity contribution in [2.24, 2.45) is 4.99 Å². The van der Waals surface area contributed by atoms with E-state index in [4.69, 9.17) is 14.5 Å². The number of ether oxygens (including phenoxy) is 2. The van der Waals surface area contributed by atoms with Crippen LogP contribution < -0.4 is 9.47 Å². The number of nitrogens with zero attached hydrogens (tertiary/aromatic N) is 3. The van der Waals surface area contributed by atoms with Crippen LogP contribution in [0.25, 0.3) is 0 Å². The number of hydrogen-bond acceptors (Lipinski definition) is 5. The van der Waals surface area contributed by atoms with Crippen LogP contribution in [0, 0.1) is 0 Å². The van der Waals surface area contributed by atoms with Crippen LogP contribution in [0.3, 0.4) is 0 Å². The van der Waals surface area contributed by atoms with E-state index in [2.05, 4.69) is 18.0 Å². The summed E-state index contributed by atoms with van der Waals surface area (Å²) < 4.78 is 11.2. The number of methoxy groups -OCH3 is 2. The molecule has 2 aromatic carbocycles. The van der Waals surface area contributed by atoms with Gasteiger partial charge in [-0.1, -0.05) is 12.1 Å². The van der Waals surface area contributed by atoms with Crippen molar-refractivity contribution < 1.29 is 14.3 Å². The molecule has 0 saturated carbocycles. The second kappa shape index (κ2) is 8.11. The van der Waals surface area contributed by atoms with Crippen molar-refractivity contribution in [2.75, 3.05) is 48.5 Å². The highest BCUT2D eigenvalue weighted by atomic mass is 16.5. The third-order valence-corrected chi connectivity index (χ3v) is 6.10. The lowest BCUT2D eigenvalue weighted by molar-refractivity contribution is 0.0827. The standard InChI is InChI=1S/C24H29N3O3/c1-26(2)24(28)16-8-6-15(7-9-16)23-18-13-22(30-5)21(29-4)12-17(18)19-14-27(3)11-10-20(19)25-23/h6-9,12-13,19-20H,10-11,14H2,1-5H3. The number of hydrogen-bond donors (Lipinski definition) is 0. The smallest absolute Gasteiger partial charge is 0.253 e. The first-order valence-corrected chi connectivity index (χ1v) is 10.3. The molecule has 0 spiro atoms. The second-order valence-corrected chi connectivity index (χ2v) is 8.27. The van der Waals surface area contributed by atoms with Crippen molar-refractivity contribution >= 4 is 11.6 Å². The number of carbonyl (C=O) groups is 1. The van der Waals surface area contributed by atoms with Crippen molar-refractivity contribution in [2.45, 2.75) is 18.4 Å². The molecular weight excluding hydrogens is 378 g/mol. The number of carbonyl (C=O) groups excluding carboxylic acids is 1. The predicted octanol–water partition coefficient (Wildman–Crippen LogP) is 3.04. The average Bonchev–Trinajstić information content (AvgIpc) is 2.77. The van der Waals surface area contributed by atoms with Gasteiger partial charge in [0.05, 0.1) is 26.0 Å². The van der Waals surface area contributed by atoms with Crippen LogP contribution in [0.15, 0.2) is 41.4 Å². The zero-order chi connectivity index (χ0) is 21.4. The summed E-state index contributed by atoms with van der Waals surface area (Å²) in [5.74, 6) is 1.77. The Balaban J connectivity index is 1.81. The Hall–Kier alpha value is -2.86. The van der Waals surface area contributed by atoms with Crippen LogP contribution in [-0.4, -0.2) is 75.9 Å². The third kappa shape index (κ3) is 3.56. The minimum Gasteiger partial charge on any atom is -0.493 e. The molecule has 2 aliphatic rings. The Labute approximate surface area is 178 Å². The van der Waals surface area contributed by atoms with E-state index < -0.39 is 0 Å². The minimum absolute atomic E-state index is 0.00526. The molecule has 0 aromatic heterocycles. The van der Waals surface area contributed by atoms with Crippen LogP contribution >= 0.6 is 0 Å². The quantitative estimate of drug-likeness (QED) is 0.782. The van der Waals surface area contributed by atoms with Crippen molar-refractivity contribution in [1.29, 1.82) is 0 Å². The van der Waals surface area contributed by atoms with Crippen molar-refractivity contribution in [3.8, 4) is 11.5 Å². The third-order valence-electron chi connectivity index (χ3n) is 6.10. The fourth-order valence-electron chi connectivity index (χ4n) is 4.46. The first kappa shape index (κ1) is 20.4. The van der Waals surface area contributed by atoms with Crippen LogP contribution in [-0.2, 0) is 0 Å². The molecule has 158 valence electrons. The molecular formula is C24H29N3O3. The molecule has 2 atom stereocenters. The second-order valence-electron chi connectivity index (χ2n) is 8.27. The number of amides is 1. The maximum Gasteiger partial charge on any atom is 0.253 e. The number of likely N-dealkylation sites (N-methyl/N-ethyl adjacent to an activating group) is 1. The van der Waals surface area contributed by atoms with Gasteiger partial charge >= 0.3 is 0 Å². The van der Waals surface area contributed by atoms with E-state index in [1.807, 2.05) is 30.3 Å². The molecule has 0 bridgehead atoms. The van der Waals surface area contributed by atoms with Gasteiger partial charge in [-0.2, -0.15) is 0 Å². The lowest BCUT2D eigenvalue weighted by atomic mass is 9.79.